The average molecular weight is 383 g/mol. The molecule has 2 aliphatic heterocycles. The average Bonchev–Trinajstić information content (AvgIpc) is 3.10. The first-order valence-electron chi connectivity index (χ1n) is 9.60. The van der Waals surface area contributed by atoms with Crippen molar-refractivity contribution in [2.75, 3.05) is 24.6 Å². The van der Waals surface area contributed by atoms with Gasteiger partial charge in [-0.2, -0.15) is 0 Å². The standard InChI is InChI=1S/C19H30N2O4S/c1-4-5-15-6-7-16(25-15)11-20-8-9-21(19(22)10-14(2)3)18-13-26(23,24)12-17(18)20/h6-7,14,17-18H,4-5,8-13H2,1-3H3. The summed E-state index contributed by atoms with van der Waals surface area (Å²) in [6.45, 7) is 8.02. The first-order valence-corrected chi connectivity index (χ1v) is 11.4. The van der Waals surface area contributed by atoms with E-state index >= 15 is 0 Å². The first-order chi connectivity index (χ1) is 12.3. The largest absolute Gasteiger partial charge is 0.465 e. The maximum absolute atomic E-state index is 12.6. The van der Waals surface area contributed by atoms with Gasteiger partial charge in [-0.3, -0.25) is 9.69 Å². The molecule has 0 saturated carbocycles. The Labute approximate surface area is 156 Å². The molecule has 2 fully saturated rings. The highest BCUT2D eigenvalue weighted by molar-refractivity contribution is 7.91. The number of aryl methyl sites for hydroxylation is 1. The van der Waals surface area contributed by atoms with E-state index in [2.05, 4.69) is 11.8 Å². The number of fused-ring (bicyclic) bond motifs is 1. The molecule has 0 aromatic carbocycles. The van der Waals surface area contributed by atoms with Crippen LogP contribution < -0.4 is 0 Å². The highest BCUT2D eigenvalue weighted by Crippen LogP contribution is 2.29. The summed E-state index contributed by atoms with van der Waals surface area (Å²) in [5.41, 5.74) is 0. The minimum atomic E-state index is -3.12. The van der Waals surface area contributed by atoms with E-state index < -0.39 is 9.84 Å². The van der Waals surface area contributed by atoms with Crippen molar-refractivity contribution in [2.45, 2.75) is 58.7 Å². The van der Waals surface area contributed by atoms with Gasteiger partial charge < -0.3 is 9.32 Å². The van der Waals surface area contributed by atoms with Crippen LogP contribution in [0, 0.1) is 5.92 Å². The molecule has 146 valence electrons. The summed E-state index contributed by atoms with van der Waals surface area (Å²) in [6.07, 6.45) is 2.42. The number of carbonyl (C=O) groups excluding carboxylic acids is 1. The van der Waals surface area contributed by atoms with Crippen LogP contribution in [-0.2, 0) is 27.6 Å². The van der Waals surface area contributed by atoms with Gasteiger partial charge in [0.05, 0.1) is 24.1 Å². The van der Waals surface area contributed by atoms with E-state index in [0.717, 1.165) is 24.4 Å². The topological polar surface area (TPSA) is 70.8 Å². The second-order valence-corrected chi connectivity index (χ2v) is 10.1. The van der Waals surface area contributed by atoms with Gasteiger partial charge in [-0.1, -0.05) is 20.8 Å². The third-order valence-electron chi connectivity index (χ3n) is 5.27. The SMILES string of the molecule is CCCc1ccc(CN2CCN(C(=O)CC(C)C)C3CS(=O)(=O)CC32)o1. The van der Waals surface area contributed by atoms with Crippen LogP contribution in [0.25, 0.3) is 0 Å². The lowest BCUT2D eigenvalue weighted by Crippen LogP contribution is -2.60. The number of furan rings is 1. The van der Waals surface area contributed by atoms with Gasteiger partial charge in [-0.15, -0.1) is 0 Å². The van der Waals surface area contributed by atoms with Crippen molar-refractivity contribution in [3.8, 4) is 0 Å². The number of nitrogens with zero attached hydrogens (tertiary/aromatic N) is 2. The molecular formula is C19H30N2O4S. The molecule has 26 heavy (non-hydrogen) atoms. The van der Waals surface area contributed by atoms with Crippen molar-refractivity contribution < 1.29 is 17.6 Å². The molecule has 0 radical (unpaired) electrons. The van der Waals surface area contributed by atoms with Crippen LogP contribution in [0.4, 0.5) is 0 Å². The van der Waals surface area contributed by atoms with Gasteiger partial charge in [-0.25, -0.2) is 8.42 Å². The minimum absolute atomic E-state index is 0.0787. The molecule has 2 unspecified atom stereocenters. The molecular weight excluding hydrogens is 352 g/mol. The van der Waals surface area contributed by atoms with Gasteiger partial charge in [0, 0.05) is 32.0 Å². The van der Waals surface area contributed by atoms with E-state index in [1.54, 1.807) is 0 Å². The summed E-state index contributed by atoms with van der Waals surface area (Å²) >= 11 is 0. The molecule has 7 heteroatoms. The fourth-order valence-corrected chi connectivity index (χ4v) is 6.10. The molecule has 3 heterocycles. The van der Waals surface area contributed by atoms with Crippen molar-refractivity contribution in [1.29, 1.82) is 0 Å². The normalized spacial score (nSPS) is 25.6. The van der Waals surface area contributed by atoms with Crippen LogP contribution in [0.1, 0.15) is 45.1 Å². The predicted octanol–water partition coefficient (Wildman–Crippen LogP) is 2.09. The molecule has 2 aliphatic rings. The Kier molecular flexibility index (Phi) is 5.77. The van der Waals surface area contributed by atoms with Gasteiger partial charge in [0.15, 0.2) is 9.84 Å². The Morgan fingerprint density at radius 1 is 1.19 bits per heavy atom. The summed E-state index contributed by atoms with van der Waals surface area (Å²) in [5.74, 6) is 2.41. The number of sulfone groups is 1. The van der Waals surface area contributed by atoms with Gasteiger partial charge in [0.2, 0.25) is 5.91 Å². The summed E-state index contributed by atoms with van der Waals surface area (Å²) in [4.78, 5) is 16.6. The van der Waals surface area contributed by atoms with Crippen molar-refractivity contribution in [3.63, 3.8) is 0 Å². The Bertz CT molecular complexity index is 740. The molecule has 0 aliphatic carbocycles. The first kappa shape index (κ1) is 19.4. The Morgan fingerprint density at radius 3 is 2.58 bits per heavy atom. The van der Waals surface area contributed by atoms with Crippen LogP contribution in [-0.4, -0.2) is 60.8 Å². The monoisotopic (exact) mass is 382 g/mol. The van der Waals surface area contributed by atoms with Crippen molar-refractivity contribution >= 4 is 15.7 Å². The summed E-state index contributed by atoms with van der Waals surface area (Å²) in [7, 11) is -3.12. The lowest BCUT2D eigenvalue weighted by Gasteiger charge is -2.43. The number of hydrogen-bond donors (Lipinski definition) is 0. The second kappa shape index (κ2) is 7.72. The van der Waals surface area contributed by atoms with Crippen molar-refractivity contribution in [3.05, 3.63) is 23.7 Å². The molecule has 6 nitrogen and oxygen atoms in total. The minimum Gasteiger partial charge on any atom is -0.465 e. The summed E-state index contributed by atoms with van der Waals surface area (Å²) < 4.78 is 30.5. The number of piperazine rings is 1. The number of rotatable bonds is 6. The predicted molar refractivity (Wildman–Crippen MR) is 101 cm³/mol. The molecule has 1 amide bonds. The van der Waals surface area contributed by atoms with Crippen LogP contribution in [0.15, 0.2) is 16.5 Å². The van der Waals surface area contributed by atoms with Crippen molar-refractivity contribution in [2.24, 2.45) is 5.92 Å². The molecule has 0 N–H and O–H groups in total. The molecule has 1 aromatic heterocycles. The number of hydrogen-bond acceptors (Lipinski definition) is 5. The maximum atomic E-state index is 12.6. The van der Waals surface area contributed by atoms with Crippen LogP contribution in [0.5, 0.6) is 0 Å². The van der Waals surface area contributed by atoms with Crippen LogP contribution in [0.3, 0.4) is 0 Å². The van der Waals surface area contributed by atoms with E-state index in [4.69, 9.17) is 4.42 Å². The highest BCUT2D eigenvalue weighted by atomic mass is 32.2. The molecule has 3 rings (SSSR count). The third-order valence-corrected chi connectivity index (χ3v) is 6.97. The number of carbonyl (C=O) groups is 1. The second-order valence-electron chi connectivity index (χ2n) is 7.99. The highest BCUT2D eigenvalue weighted by Gasteiger charge is 2.47. The summed E-state index contributed by atoms with van der Waals surface area (Å²) in [5, 5.41) is 0. The lowest BCUT2D eigenvalue weighted by atomic mass is 10.0. The van der Waals surface area contributed by atoms with Gasteiger partial charge >= 0.3 is 0 Å². The van der Waals surface area contributed by atoms with Crippen molar-refractivity contribution in [1.82, 2.24) is 9.80 Å². The van der Waals surface area contributed by atoms with E-state index in [9.17, 15) is 13.2 Å². The Balaban J connectivity index is 1.74. The molecule has 0 bridgehead atoms. The van der Waals surface area contributed by atoms with E-state index in [0.29, 0.717) is 26.1 Å². The van der Waals surface area contributed by atoms with Gasteiger partial charge in [-0.05, 0) is 24.5 Å². The third kappa shape index (κ3) is 4.31. The quantitative estimate of drug-likeness (QED) is 0.753. The Hall–Kier alpha value is -1.34. The Morgan fingerprint density at radius 2 is 1.88 bits per heavy atom. The van der Waals surface area contributed by atoms with Crippen LogP contribution in [0.2, 0.25) is 0 Å². The number of amides is 1. The smallest absolute Gasteiger partial charge is 0.223 e. The van der Waals surface area contributed by atoms with Gasteiger partial charge in [0.25, 0.3) is 0 Å². The summed E-state index contributed by atoms with van der Waals surface area (Å²) in [6, 6.07) is 3.62. The van der Waals surface area contributed by atoms with Crippen LogP contribution >= 0.6 is 0 Å². The zero-order valence-corrected chi connectivity index (χ0v) is 16.8. The fourth-order valence-electron chi connectivity index (χ4n) is 4.09. The fraction of sp³-hybridized carbons (Fsp3) is 0.737. The zero-order chi connectivity index (χ0) is 18.9. The molecule has 1 aromatic rings. The van der Waals surface area contributed by atoms with E-state index in [1.807, 2.05) is 30.9 Å². The molecule has 0 spiro atoms. The lowest BCUT2D eigenvalue weighted by molar-refractivity contribution is -0.138. The van der Waals surface area contributed by atoms with Gasteiger partial charge in [0.1, 0.15) is 11.5 Å². The molecule has 2 saturated heterocycles. The van der Waals surface area contributed by atoms with E-state index in [1.165, 1.54) is 0 Å². The zero-order valence-electron chi connectivity index (χ0n) is 16.0. The molecule has 2 atom stereocenters. The van der Waals surface area contributed by atoms with E-state index in [-0.39, 0.29) is 35.4 Å². The maximum Gasteiger partial charge on any atom is 0.223 e.